The first-order chi connectivity index (χ1) is 8.08. The van der Waals surface area contributed by atoms with Crippen LogP contribution in [0.15, 0.2) is 35.6 Å². The Balaban J connectivity index is 2.81. The second kappa shape index (κ2) is 5.69. The average Bonchev–Trinajstić information content (AvgIpc) is 2.30. The number of anilines is 1. The van der Waals surface area contributed by atoms with Gasteiger partial charge in [0.15, 0.2) is 0 Å². The molecule has 1 aromatic carbocycles. The summed E-state index contributed by atoms with van der Waals surface area (Å²) in [6, 6.07) is 6.75. The third-order valence-corrected chi connectivity index (χ3v) is 2.13. The van der Waals surface area contributed by atoms with Crippen molar-refractivity contribution in [1.82, 2.24) is 0 Å². The highest BCUT2D eigenvalue weighted by molar-refractivity contribution is 6.17. The Morgan fingerprint density at radius 1 is 1.41 bits per heavy atom. The van der Waals surface area contributed by atoms with Gasteiger partial charge in [0, 0.05) is 11.9 Å². The summed E-state index contributed by atoms with van der Waals surface area (Å²) in [7, 11) is 1.55. The molecule has 0 bridgehead atoms. The first-order valence-corrected chi connectivity index (χ1v) is 4.94. The van der Waals surface area contributed by atoms with Crippen LogP contribution in [-0.2, 0) is 4.79 Å². The van der Waals surface area contributed by atoms with E-state index in [0.717, 1.165) is 6.21 Å². The summed E-state index contributed by atoms with van der Waals surface area (Å²) >= 11 is 0. The molecule has 0 saturated heterocycles. The Kier molecular flexibility index (Phi) is 4.28. The van der Waals surface area contributed by atoms with Crippen molar-refractivity contribution < 1.29 is 14.6 Å². The first kappa shape index (κ1) is 12.8. The van der Waals surface area contributed by atoms with Gasteiger partial charge in [0.1, 0.15) is 11.5 Å². The lowest BCUT2D eigenvalue weighted by Gasteiger charge is -2.06. The Bertz CT molecular complexity index is 445. The Morgan fingerprint density at radius 2 is 2.00 bits per heavy atom. The fraction of sp³-hybridized carbons (Fsp3) is 0.167. The van der Waals surface area contributed by atoms with Crippen molar-refractivity contribution in [3.63, 3.8) is 0 Å². The molecule has 5 heteroatoms. The molecule has 0 spiro atoms. The van der Waals surface area contributed by atoms with Gasteiger partial charge in [0.2, 0.25) is 0 Å². The van der Waals surface area contributed by atoms with Crippen LogP contribution in [0.5, 0.6) is 5.75 Å². The predicted octanol–water partition coefficient (Wildman–Crippen LogP) is 2.12. The molecule has 17 heavy (non-hydrogen) atoms. The van der Waals surface area contributed by atoms with Crippen LogP contribution in [-0.4, -0.2) is 24.3 Å². The second-order valence-corrected chi connectivity index (χ2v) is 3.33. The molecule has 5 nitrogen and oxygen atoms in total. The SMILES string of the molecule is COc1ccc(NC(=O)/C(C=N)=C(/C)O)cc1. The molecule has 0 radical (unpaired) electrons. The summed E-state index contributed by atoms with van der Waals surface area (Å²) < 4.78 is 4.98. The number of nitrogens with one attached hydrogen (secondary N) is 2. The molecule has 1 rings (SSSR count). The van der Waals surface area contributed by atoms with Crippen LogP contribution in [0.4, 0.5) is 5.69 Å². The van der Waals surface area contributed by atoms with Crippen LogP contribution in [0.3, 0.4) is 0 Å². The second-order valence-electron chi connectivity index (χ2n) is 3.33. The van der Waals surface area contributed by atoms with E-state index >= 15 is 0 Å². The van der Waals surface area contributed by atoms with Gasteiger partial charge in [-0.15, -0.1) is 0 Å². The van der Waals surface area contributed by atoms with Gasteiger partial charge in [-0.05, 0) is 31.2 Å². The Morgan fingerprint density at radius 3 is 2.41 bits per heavy atom. The number of benzene rings is 1. The largest absolute Gasteiger partial charge is 0.512 e. The fourth-order valence-electron chi connectivity index (χ4n) is 1.21. The molecule has 1 amide bonds. The molecule has 0 unspecified atom stereocenters. The summed E-state index contributed by atoms with van der Waals surface area (Å²) in [4.78, 5) is 11.6. The van der Waals surface area contributed by atoms with E-state index in [2.05, 4.69) is 5.32 Å². The van der Waals surface area contributed by atoms with Crippen LogP contribution < -0.4 is 10.1 Å². The van der Waals surface area contributed by atoms with E-state index in [-0.39, 0.29) is 11.3 Å². The number of aliphatic hydroxyl groups excluding tert-OH is 1. The topological polar surface area (TPSA) is 82.4 Å². The summed E-state index contributed by atoms with van der Waals surface area (Å²) in [5.74, 6) is -0.0275. The third-order valence-electron chi connectivity index (χ3n) is 2.13. The summed E-state index contributed by atoms with van der Waals surface area (Å²) in [5.41, 5.74) is 0.497. The summed E-state index contributed by atoms with van der Waals surface area (Å²) in [6.45, 7) is 1.36. The van der Waals surface area contributed by atoms with Gasteiger partial charge in [-0.2, -0.15) is 0 Å². The molecule has 3 N–H and O–H groups in total. The molecule has 0 aromatic heterocycles. The highest BCUT2D eigenvalue weighted by Crippen LogP contribution is 2.15. The number of carbonyl (C=O) groups is 1. The minimum Gasteiger partial charge on any atom is -0.512 e. The maximum atomic E-state index is 11.6. The van der Waals surface area contributed by atoms with Gasteiger partial charge in [-0.1, -0.05) is 0 Å². The lowest BCUT2D eigenvalue weighted by molar-refractivity contribution is -0.112. The number of ether oxygens (including phenoxy) is 1. The molecule has 0 atom stereocenters. The third kappa shape index (κ3) is 3.34. The van der Waals surface area contributed by atoms with Crippen molar-refractivity contribution in [3.8, 4) is 5.75 Å². The normalized spacial score (nSPS) is 11.4. The van der Waals surface area contributed by atoms with E-state index in [1.54, 1.807) is 31.4 Å². The van der Waals surface area contributed by atoms with E-state index in [1.165, 1.54) is 6.92 Å². The highest BCUT2D eigenvalue weighted by Gasteiger charge is 2.10. The number of rotatable bonds is 4. The lowest BCUT2D eigenvalue weighted by Crippen LogP contribution is -2.16. The zero-order valence-corrected chi connectivity index (χ0v) is 9.65. The van der Waals surface area contributed by atoms with Crippen molar-refractivity contribution in [3.05, 3.63) is 35.6 Å². The van der Waals surface area contributed by atoms with Crippen LogP contribution in [0.25, 0.3) is 0 Å². The summed E-state index contributed by atoms with van der Waals surface area (Å²) in [6.07, 6.45) is 0.814. The number of allylic oxidation sites excluding steroid dienone is 1. The Labute approximate surface area is 99.2 Å². The van der Waals surface area contributed by atoms with E-state index in [9.17, 15) is 9.90 Å². The fourth-order valence-corrected chi connectivity index (χ4v) is 1.21. The van der Waals surface area contributed by atoms with Crippen LogP contribution in [0.1, 0.15) is 6.92 Å². The molecule has 0 heterocycles. The standard InChI is InChI=1S/C12H14N2O3/c1-8(15)11(7-13)12(16)14-9-3-5-10(17-2)6-4-9/h3-7,13,15H,1-2H3,(H,14,16)/b11-8-,13-7?. The molecule has 0 aliphatic heterocycles. The van der Waals surface area contributed by atoms with Gasteiger partial charge in [0.25, 0.3) is 5.91 Å². The monoisotopic (exact) mass is 234 g/mol. The molecule has 0 aliphatic rings. The molecule has 0 fully saturated rings. The minimum absolute atomic E-state index is 0.0687. The summed E-state index contributed by atoms with van der Waals surface area (Å²) in [5, 5.41) is 18.8. The van der Waals surface area contributed by atoms with Crippen LogP contribution >= 0.6 is 0 Å². The van der Waals surface area contributed by atoms with Crippen molar-refractivity contribution in [2.75, 3.05) is 12.4 Å². The predicted molar refractivity (Wildman–Crippen MR) is 65.7 cm³/mol. The van der Waals surface area contributed by atoms with E-state index in [1.807, 2.05) is 0 Å². The maximum absolute atomic E-state index is 11.6. The van der Waals surface area contributed by atoms with E-state index in [4.69, 9.17) is 10.1 Å². The number of methoxy groups -OCH3 is 1. The van der Waals surface area contributed by atoms with Crippen molar-refractivity contribution in [1.29, 1.82) is 5.41 Å². The molecular weight excluding hydrogens is 220 g/mol. The quantitative estimate of drug-likeness (QED) is 0.424. The van der Waals surface area contributed by atoms with Gasteiger partial charge in [0.05, 0.1) is 12.7 Å². The molecule has 90 valence electrons. The maximum Gasteiger partial charge on any atom is 0.260 e. The molecule has 0 aliphatic carbocycles. The zero-order chi connectivity index (χ0) is 12.8. The van der Waals surface area contributed by atoms with Crippen molar-refractivity contribution in [2.24, 2.45) is 0 Å². The van der Waals surface area contributed by atoms with Crippen LogP contribution in [0.2, 0.25) is 0 Å². The van der Waals surface area contributed by atoms with Gasteiger partial charge >= 0.3 is 0 Å². The molecule has 0 saturated carbocycles. The van der Waals surface area contributed by atoms with E-state index < -0.39 is 5.91 Å². The van der Waals surface area contributed by atoms with Gasteiger partial charge in [-0.3, -0.25) is 4.79 Å². The number of aliphatic hydroxyl groups is 1. The lowest BCUT2D eigenvalue weighted by atomic mass is 10.2. The van der Waals surface area contributed by atoms with Crippen molar-refractivity contribution in [2.45, 2.75) is 6.92 Å². The number of carbonyl (C=O) groups excluding carboxylic acids is 1. The first-order valence-electron chi connectivity index (χ1n) is 4.94. The smallest absolute Gasteiger partial charge is 0.260 e. The zero-order valence-electron chi connectivity index (χ0n) is 9.65. The van der Waals surface area contributed by atoms with Crippen LogP contribution in [0, 0.1) is 5.41 Å². The van der Waals surface area contributed by atoms with E-state index in [0.29, 0.717) is 11.4 Å². The number of amides is 1. The highest BCUT2D eigenvalue weighted by atomic mass is 16.5. The number of hydrogen-bond acceptors (Lipinski definition) is 4. The Hall–Kier alpha value is -2.30. The van der Waals surface area contributed by atoms with Crippen molar-refractivity contribution >= 4 is 17.8 Å². The molecule has 1 aromatic rings. The van der Waals surface area contributed by atoms with Gasteiger partial charge in [-0.25, -0.2) is 0 Å². The average molecular weight is 234 g/mol. The van der Waals surface area contributed by atoms with Gasteiger partial charge < -0.3 is 20.6 Å². The molecular formula is C12H14N2O3. The minimum atomic E-state index is -0.523. The number of hydrogen-bond donors (Lipinski definition) is 3.